The molecular weight excluding hydrogens is 248 g/mol. The van der Waals surface area contributed by atoms with E-state index in [1.54, 1.807) is 7.11 Å². The molecule has 0 radical (unpaired) electrons. The highest BCUT2D eigenvalue weighted by molar-refractivity contribution is 5.27. The summed E-state index contributed by atoms with van der Waals surface area (Å²) in [5.41, 5.74) is 2.76. The third-order valence-electron chi connectivity index (χ3n) is 4.37. The van der Waals surface area contributed by atoms with Crippen LogP contribution >= 0.6 is 0 Å². The lowest BCUT2D eigenvalue weighted by atomic mass is 9.80. The summed E-state index contributed by atoms with van der Waals surface area (Å²) >= 11 is 0. The largest absolute Gasteiger partial charge is 0.382 e. The zero-order valence-corrected chi connectivity index (χ0v) is 13.1. The van der Waals surface area contributed by atoms with Crippen molar-refractivity contribution in [2.24, 2.45) is 0 Å². The smallest absolute Gasteiger partial charge is 0.0558 e. The summed E-state index contributed by atoms with van der Waals surface area (Å²) in [5.74, 6) is 0.532. The third kappa shape index (κ3) is 3.80. The Labute approximate surface area is 123 Å². The Bertz CT molecular complexity index is 408. The molecule has 1 aliphatic carbocycles. The van der Waals surface area contributed by atoms with Crippen molar-refractivity contribution in [3.05, 3.63) is 29.6 Å². The summed E-state index contributed by atoms with van der Waals surface area (Å²) in [5, 5.41) is 3.73. The molecule has 3 atom stereocenters. The Kier molecular flexibility index (Phi) is 5.99. The molecule has 0 amide bonds. The van der Waals surface area contributed by atoms with Gasteiger partial charge >= 0.3 is 0 Å². The Balaban J connectivity index is 2.15. The van der Waals surface area contributed by atoms with Crippen LogP contribution in [0.2, 0.25) is 0 Å². The minimum absolute atomic E-state index is 0.290. The molecule has 0 aromatic carbocycles. The average molecular weight is 276 g/mol. The molecule has 20 heavy (non-hydrogen) atoms. The number of hydrogen-bond donors (Lipinski definition) is 1. The molecule has 0 saturated heterocycles. The van der Waals surface area contributed by atoms with Gasteiger partial charge in [0, 0.05) is 31.0 Å². The van der Waals surface area contributed by atoms with Gasteiger partial charge in [-0.2, -0.15) is 0 Å². The van der Waals surface area contributed by atoms with Crippen molar-refractivity contribution < 1.29 is 4.74 Å². The molecule has 112 valence electrons. The second-order valence-corrected chi connectivity index (χ2v) is 5.89. The normalized spacial score (nSPS) is 21.2. The SMILES string of the molecule is CCCNC(CC(C)OC)C1CCCc2cccnc21. The second kappa shape index (κ2) is 7.75. The van der Waals surface area contributed by atoms with Gasteiger partial charge in [-0.3, -0.25) is 4.98 Å². The van der Waals surface area contributed by atoms with Gasteiger partial charge in [-0.05, 0) is 57.2 Å². The molecule has 1 aliphatic rings. The molecule has 3 heteroatoms. The molecule has 0 bridgehead atoms. The van der Waals surface area contributed by atoms with Gasteiger partial charge in [-0.1, -0.05) is 13.0 Å². The maximum absolute atomic E-state index is 5.48. The van der Waals surface area contributed by atoms with Crippen molar-refractivity contribution >= 4 is 0 Å². The Morgan fingerprint density at radius 2 is 2.35 bits per heavy atom. The quantitative estimate of drug-likeness (QED) is 0.829. The van der Waals surface area contributed by atoms with Crippen molar-refractivity contribution in [2.75, 3.05) is 13.7 Å². The Hall–Kier alpha value is -0.930. The maximum atomic E-state index is 5.48. The van der Waals surface area contributed by atoms with E-state index in [2.05, 4.69) is 36.3 Å². The first-order chi connectivity index (χ1) is 9.76. The summed E-state index contributed by atoms with van der Waals surface area (Å²) in [6, 6.07) is 4.78. The number of rotatable bonds is 7. The number of methoxy groups -OCH3 is 1. The van der Waals surface area contributed by atoms with Crippen LogP contribution in [0, 0.1) is 0 Å². The molecule has 1 aromatic rings. The standard InChI is InChI=1S/C17H28N2O/c1-4-10-18-16(12-13(2)20-3)15-9-5-7-14-8-6-11-19-17(14)15/h6,8,11,13,15-16,18H,4-5,7,9-10,12H2,1-3H3. The number of ether oxygens (including phenoxy) is 1. The van der Waals surface area contributed by atoms with Gasteiger partial charge < -0.3 is 10.1 Å². The van der Waals surface area contributed by atoms with Crippen LogP contribution in [0.4, 0.5) is 0 Å². The van der Waals surface area contributed by atoms with Crippen LogP contribution in [0.3, 0.4) is 0 Å². The first-order valence-electron chi connectivity index (χ1n) is 7.96. The second-order valence-electron chi connectivity index (χ2n) is 5.89. The third-order valence-corrected chi connectivity index (χ3v) is 4.37. The fraction of sp³-hybridized carbons (Fsp3) is 0.706. The predicted molar refractivity (Wildman–Crippen MR) is 83.1 cm³/mol. The van der Waals surface area contributed by atoms with Crippen LogP contribution in [0.15, 0.2) is 18.3 Å². The number of hydrogen-bond acceptors (Lipinski definition) is 3. The monoisotopic (exact) mass is 276 g/mol. The minimum Gasteiger partial charge on any atom is -0.382 e. The highest BCUT2D eigenvalue weighted by Crippen LogP contribution is 2.34. The fourth-order valence-corrected chi connectivity index (χ4v) is 3.21. The highest BCUT2D eigenvalue weighted by Gasteiger charge is 2.29. The van der Waals surface area contributed by atoms with Gasteiger partial charge in [-0.25, -0.2) is 0 Å². The molecule has 0 spiro atoms. The molecule has 1 heterocycles. The van der Waals surface area contributed by atoms with Crippen molar-refractivity contribution in [2.45, 2.75) is 64.0 Å². The first-order valence-corrected chi connectivity index (χ1v) is 7.96. The summed E-state index contributed by atoms with van der Waals surface area (Å²) < 4.78 is 5.48. The van der Waals surface area contributed by atoms with Crippen LogP contribution in [0.5, 0.6) is 0 Å². The molecule has 3 unspecified atom stereocenters. The summed E-state index contributed by atoms with van der Waals surface area (Å²) in [7, 11) is 1.80. The van der Waals surface area contributed by atoms with E-state index >= 15 is 0 Å². The lowest BCUT2D eigenvalue weighted by molar-refractivity contribution is 0.0954. The number of nitrogens with one attached hydrogen (secondary N) is 1. The zero-order chi connectivity index (χ0) is 14.4. The van der Waals surface area contributed by atoms with Crippen LogP contribution in [0.25, 0.3) is 0 Å². The van der Waals surface area contributed by atoms with Crippen molar-refractivity contribution in [3.8, 4) is 0 Å². The number of fused-ring (bicyclic) bond motifs is 1. The minimum atomic E-state index is 0.290. The maximum Gasteiger partial charge on any atom is 0.0558 e. The number of aromatic nitrogens is 1. The molecule has 0 saturated carbocycles. The van der Waals surface area contributed by atoms with E-state index in [9.17, 15) is 0 Å². The molecular formula is C17H28N2O. The van der Waals surface area contributed by atoms with E-state index in [1.165, 1.54) is 36.9 Å². The van der Waals surface area contributed by atoms with E-state index < -0.39 is 0 Å². The first kappa shape index (κ1) is 15.5. The van der Waals surface area contributed by atoms with Gasteiger partial charge in [0.15, 0.2) is 0 Å². The van der Waals surface area contributed by atoms with Gasteiger partial charge in [0.1, 0.15) is 0 Å². The summed E-state index contributed by atoms with van der Waals surface area (Å²) in [4.78, 5) is 4.68. The van der Waals surface area contributed by atoms with Crippen molar-refractivity contribution in [3.63, 3.8) is 0 Å². The van der Waals surface area contributed by atoms with Crippen LogP contribution in [-0.4, -0.2) is 30.8 Å². The molecule has 0 aliphatic heterocycles. The lowest BCUT2D eigenvalue weighted by Gasteiger charge is -2.33. The number of pyridine rings is 1. The van der Waals surface area contributed by atoms with Gasteiger partial charge in [0.05, 0.1) is 6.10 Å². The van der Waals surface area contributed by atoms with E-state index in [-0.39, 0.29) is 0 Å². The van der Waals surface area contributed by atoms with E-state index in [0.29, 0.717) is 18.1 Å². The molecule has 3 nitrogen and oxygen atoms in total. The van der Waals surface area contributed by atoms with Gasteiger partial charge in [0.2, 0.25) is 0 Å². The lowest BCUT2D eigenvalue weighted by Crippen LogP contribution is -2.39. The van der Waals surface area contributed by atoms with Crippen molar-refractivity contribution in [1.82, 2.24) is 10.3 Å². The van der Waals surface area contributed by atoms with Crippen molar-refractivity contribution in [1.29, 1.82) is 0 Å². The predicted octanol–water partition coefficient (Wildman–Crippen LogP) is 3.29. The fourth-order valence-electron chi connectivity index (χ4n) is 3.21. The molecule has 2 rings (SSSR count). The molecule has 1 N–H and O–H groups in total. The number of aryl methyl sites for hydroxylation is 1. The average Bonchev–Trinajstić information content (AvgIpc) is 2.50. The molecule has 1 aromatic heterocycles. The Morgan fingerprint density at radius 3 is 3.10 bits per heavy atom. The van der Waals surface area contributed by atoms with Gasteiger partial charge in [0.25, 0.3) is 0 Å². The highest BCUT2D eigenvalue weighted by atomic mass is 16.5. The van der Waals surface area contributed by atoms with E-state index in [0.717, 1.165) is 13.0 Å². The summed E-state index contributed by atoms with van der Waals surface area (Å²) in [6.45, 7) is 5.44. The Morgan fingerprint density at radius 1 is 1.50 bits per heavy atom. The molecule has 0 fully saturated rings. The van der Waals surface area contributed by atoms with Crippen LogP contribution in [0.1, 0.15) is 56.7 Å². The van der Waals surface area contributed by atoms with Crippen LogP contribution in [-0.2, 0) is 11.2 Å². The van der Waals surface area contributed by atoms with E-state index in [1.807, 2.05) is 6.20 Å². The van der Waals surface area contributed by atoms with Gasteiger partial charge in [-0.15, -0.1) is 0 Å². The summed E-state index contributed by atoms with van der Waals surface area (Å²) in [6.07, 6.45) is 8.14. The zero-order valence-electron chi connectivity index (χ0n) is 13.1. The number of nitrogens with zero attached hydrogens (tertiary/aromatic N) is 1. The topological polar surface area (TPSA) is 34.1 Å². The van der Waals surface area contributed by atoms with E-state index in [4.69, 9.17) is 4.74 Å². The van der Waals surface area contributed by atoms with Crippen LogP contribution < -0.4 is 5.32 Å².